The maximum Gasteiger partial charge on any atom is 0.241 e. The van der Waals surface area contributed by atoms with E-state index in [2.05, 4.69) is 36.6 Å². The third kappa shape index (κ3) is 6.78. The average molecular weight is 357 g/mol. The van der Waals surface area contributed by atoms with E-state index in [0.29, 0.717) is 24.9 Å². The highest BCUT2D eigenvalue weighted by molar-refractivity contribution is 5.94. The molecule has 26 heavy (non-hydrogen) atoms. The van der Waals surface area contributed by atoms with E-state index in [1.165, 1.54) is 6.42 Å². The monoisotopic (exact) mass is 356 g/mol. The molecule has 1 fully saturated rings. The fourth-order valence-corrected chi connectivity index (χ4v) is 3.11. The molecule has 0 bridgehead atoms. The molecule has 1 aromatic carbocycles. The number of carbonyl (C=O) groups excluding carboxylic acids is 1. The van der Waals surface area contributed by atoms with Crippen LogP contribution >= 0.6 is 0 Å². The van der Waals surface area contributed by atoms with Crippen LogP contribution in [0.2, 0.25) is 0 Å². The van der Waals surface area contributed by atoms with Crippen LogP contribution in [0.5, 0.6) is 0 Å². The van der Waals surface area contributed by atoms with Gasteiger partial charge in [-0.3, -0.25) is 9.69 Å². The van der Waals surface area contributed by atoms with Gasteiger partial charge in [-0.25, -0.2) is 0 Å². The minimum Gasteiger partial charge on any atom is -0.310 e. The molecule has 1 amide bonds. The molecule has 0 aromatic heterocycles. The largest absolute Gasteiger partial charge is 0.310 e. The van der Waals surface area contributed by atoms with Crippen molar-refractivity contribution in [3.05, 3.63) is 30.3 Å². The van der Waals surface area contributed by atoms with Crippen LogP contribution in [0.25, 0.3) is 0 Å². The fourth-order valence-electron chi connectivity index (χ4n) is 3.11. The number of nitriles is 1. The van der Waals surface area contributed by atoms with Gasteiger partial charge in [0, 0.05) is 38.4 Å². The first-order valence-corrected chi connectivity index (χ1v) is 9.56. The minimum atomic E-state index is 0.0783. The Kier molecular flexibility index (Phi) is 7.62. The van der Waals surface area contributed by atoms with E-state index in [1.54, 1.807) is 4.90 Å². The number of para-hydroxylation sites is 1. The summed E-state index contributed by atoms with van der Waals surface area (Å²) in [4.78, 5) is 19.3. The van der Waals surface area contributed by atoms with Gasteiger partial charge in [-0.05, 0) is 30.5 Å². The lowest BCUT2D eigenvalue weighted by Crippen LogP contribution is -2.50. The molecule has 0 spiro atoms. The Labute approximate surface area is 158 Å². The zero-order valence-corrected chi connectivity index (χ0v) is 16.4. The van der Waals surface area contributed by atoms with E-state index >= 15 is 0 Å². The highest BCUT2D eigenvalue weighted by atomic mass is 16.2. The third-order valence-corrected chi connectivity index (χ3v) is 4.82. The van der Waals surface area contributed by atoms with E-state index in [0.717, 1.165) is 38.4 Å². The van der Waals surface area contributed by atoms with E-state index in [-0.39, 0.29) is 5.91 Å². The van der Waals surface area contributed by atoms with Crippen LogP contribution in [-0.4, -0.2) is 61.5 Å². The molecular weight excluding hydrogens is 324 g/mol. The molecule has 5 heteroatoms. The van der Waals surface area contributed by atoms with Crippen LogP contribution in [-0.2, 0) is 4.79 Å². The fraction of sp³-hybridized carbons (Fsp3) is 0.619. The van der Waals surface area contributed by atoms with Crippen molar-refractivity contribution in [2.24, 2.45) is 5.41 Å². The molecule has 0 atom stereocenters. The van der Waals surface area contributed by atoms with Crippen LogP contribution in [0.3, 0.4) is 0 Å². The predicted molar refractivity (Wildman–Crippen MR) is 106 cm³/mol. The molecule has 1 aliphatic rings. The lowest BCUT2D eigenvalue weighted by molar-refractivity contribution is -0.120. The van der Waals surface area contributed by atoms with E-state index < -0.39 is 0 Å². The normalized spacial score (nSPS) is 16.2. The Hall–Kier alpha value is -1.90. The standard InChI is InChI=1S/C21H32N4O/c1-21(2,3)10-13-23-14-16-24(17-15-23)18-20(26)25(12-7-11-22)19-8-5-4-6-9-19/h4-6,8-9H,7,10,12-18H2,1-3H3. The summed E-state index contributed by atoms with van der Waals surface area (Å²) in [5.74, 6) is 0.0783. The number of benzene rings is 1. The molecule has 0 unspecified atom stereocenters. The van der Waals surface area contributed by atoms with Crippen molar-refractivity contribution in [3.63, 3.8) is 0 Å². The Morgan fingerprint density at radius 1 is 1.12 bits per heavy atom. The Balaban J connectivity index is 1.85. The zero-order valence-electron chi connectivity index (χ0n) is 16.4. The Morgan fingerprint density at radius 3 is 2.31 bits per heavy atom. The highest BCUT2D eigenvalue weighted by Crippen LogP contribution is 2.19. The molecule has 1 heterocycles. The van der Waals surface area contributed by atoms with Crippen LogP contribution in [0.1, 0.15) is 33.6 Å². The number of amides is 1. The summed E-state index contributed by atoms with van der Waals surface area (Å²) in [6.07, 6.45) is 1.54. The lowest BCUT2D eigenvalue weighted by atomic mass is 9.92. The molecule has 2 rings (SSSR count). The summed E-state index contributed by atoms with van der Waals surface area (Å²) >= 11 is 0. The van der Waals surface area contributed by atoms with E-state index in [4.69, 9.17) is 5.26 Å². The zero-order chi connectivity index (χ0) is 19.0. The van der Waals surface area contributed by atoms with Gasteiger partial charge in [-0.2, -0.15) is 5.26 Å². The predicted octanol–water partition coefficient (Wildman–Crippen LogP) is 2.99. The second-order valence-corrected chi connectivity index (χ2v) is 8.22. The van der Waals surface area contributed by atoms with Gasteiger partial charge in [0.1, 0.15) is 0 Å². The van der Waals surface area contributed by atoms with E-state index in [1.807, 2.05) is 30.3 Å². The summed E-state index contributed by atoms with van der Waals surface area (Å²) in [5, 5.41) is 8.90. The van der Waals surface area contributed by atoms with Crippen molar-refractivity contribution in [1.82, 2.24) is 9.80 Å². The SMILES string of the molecule is CC(C)(C)CCN1CCN(CC(=O)N(CCC#N)c2ccccc2)CC1. The van der Waals surface area contributed by atoms with Gasteiger partial charge in [0.15, 0.2) is 0 Å². The Bertz CT molecular complexity index is 595. The van der Waals surface area contributed by atoms with Crippen LogP contribution in [0.4, 0.5) is 5.69 Å². The number of rotatable bonds is 7. The molecule has 1 saturated heterocycles. The summed E-state index contributed by atoms with van der Waals surface area (Å²) in [6.45, 7) is 12.7. The van der Waals surface area contributed by atoms with Crippen molar-refractivity contribution in [2.45, 2.75) is 33.6 Å². The summed E-state index contributed by atoms with van der Waals surface area (Å²) in [5.41, 5.74) is 1.24. The maximum atomic E-state index is 12.8. The first-order chi connectivity index (χ1) is 12.4. The number of hydrogen-bond acceptors (Lipinski definition) is 4. The molecule has 0 N–H and O–H groups in total. The van der Waals surface area contributed by atoms with Crippen LogP contribution in [0.15, 0.2) is 30.3 Å². The summed E-state index contributed by atoms with van der Waals surface area (Å²) in [7, 11) is 0. The van der Waals surface area contributed by atoms with Crippen molar-refractivity contribution in [1.29, 1.82) is 5.26 Å². The molecule has 142 valence electrons. The van der Waals surface area contributed by atoms with Gasteiger partial charge >= 0.3 is 0 Å². The van der Waals surface area contributed by atoms with Crippen molar-refractivity contribution in [2.75, 3.05) is 50.7 Å². The molecule has 0 saturated carbocycles. The molecular formula is C21H32N4O. The minimum absolute atomic E-state index is 0.0783. The number of anilines is 1. The third-order valence-electron chi connectivity index (χ3n) is 4.82. The summed E-state index contributed by atoms with van der Waals surface area (Å²) in [6, 6.07) is 11.8. The van der Waals surface area contributed by atoms with Gasteiger partial charge in [-0.15, -0.1) is 0 Å². The van der Waals surface area contributed by atoms with Crippen LogP contribution < -0.4 is 4.90 Å². The van der Waals surface area contributed by atoms with Crippen molar-refractivity contribution in [3.8, 4) is 6.07 Å². The average Bonchev–Trinajstić information content (AvgIpc) is 2.62. The second kappa shape index (κ2) is 9.70. The molecule has 1 aliphatic heterocycles. The van der Waals surface area contributed by atoms with Crippen LogP contribution in [0, 0.1) is 16.7 Å². The number of carbonyl (C=O) groups is 1. The lowest BCUT2D eigenvalue weighted by Gasteiger charge is -2.36. The smallest absolute Gasteiger partial charge is 0.241 e. The first kappa shape index (κ1) is 20.4. The molecule has 0 radical (unpaired) electrons. The quantitative estimate of drug-likeness (QED) is 0.754. The van der Waals surface area contributed by atoms with Gasteiger partial charge < -0.3 is 9.80 Å². The highest BCUT2D eigenvalue weighted by Gasteiger charge is 2.23. The molecule has 1 aromatic rings. The number of hydrogen-bond donors (Lipinski definition) is 0. The van der Waals surface area contributed by atoms with E-state index in [9.17, 15) is 4.79 Å². The first-order valence-electron chi connectivity index (χ1n) is 9.56. The molecule has 5 nitrogen and oxygen atoms in total. The number of nitrogens with zero attached hydrogens (tertiary/aromatic N) is 4. The van der Waals surface area contributed by atoms with Gasteiger partial charge in [0.25, 0.3) is 0 Å². The van der Waals surface area contributed by atoms with Gasteiger partial charge in [-0.1, -0.05) is 39.0 Å². The Morgan fingerprint density at radius 2 is 1.73 bits per heavy atom. The van der Waals surface area contributed by atoms with Crippen molar-refractivity contribution >= 4 is 11.6 Å². The molecule has 0 aliphatic carbocycles. The summed E-state index contributed by atoms with van der Waals surface area (Å²) < 4.78 is 0. The van der Waals surface area contributed by atoms with Gasteiger partial charge in [0.05, 0.1) is 19.0 Å². The van der Waals surface area contributed by atoms with Crippen molar-refractivity contribution < 1.29 is 4.79 Å². The van der Waals surface area contributed by atoms with Gasteiger partial charge in [0.2, 0.25) is 5.91 Å². The second-order valence-electron chi connectivity index (χ2n) is 8.22. The topological polar surface area (TPSA) is 50.6 Å². The number of piperazine rings is 1. The maximum absolute atomic E-state index is 12.8.